The largest absolute Gasteiger partial charge is 0.466 e. The summed E-state index contributed by atoms with van der Waals surface area (Å²) in [4.78, 5) is 44.3. The van der Waals surface area contributed by atoms with Crippen LogP contribution in [-0.4, -0.2) is 71.3 Å². The minimum atomic E-state index is -1.16. The minimum Gasteiger partial charge on any atom is -0.466 e. The summed E-state index contributed by atoms with van der Waals surface area (Å²) in [6.45, 7) is 7.88. The zero-order valence-corrected chi connectivity index (χ0v) is 21.0. The van der Waals surface area contributed by atoms with Crippen LogP contribution in [0.5, 0.6) is 0 Å². The summed E-state index contributed by atoms with van der Waals surface area (Å²) in [5.74, 6) is -2.71. The van der Waals surface area contributed by atoms with Crippen molar-refractivity contribution < 1.29 is 29.0 Å². The Balaban J connectivity index is 1.82. The monoisotopic (exact) mass is 504 g/mol. The summed E-state index contributed by atoms with van der Waals surface area (Å²) >= 11 is 6.45. The number of anilines is 1. The van der Waals surface area contributed by atoms with Crippen LogP contribution < -0.4 is 4.90 Å². The molecule has 0 aliphatic carbocycles. The van der Waals surface area contributed by atoms with Gasteiger partial charge in [0.2, 0.25) is 5.91 Å². The number of hydrogen-bond acceptors (Lipinski definition) is 6. The molecule has 190 valence electrons. The molecule has 5 atom stereocenters. The molecule has 0 radical (unpaired) electrons. The lowest BCUT2D eigenvalue weighted by Crippen LogP contribution is -2.56. The van der Waals surface area contributed by atoms with Crippen LogP contribution in [0.25, 0.3) is 0 Å². The van der Waals surface area contributed by atoms with Gasteiger partial charge in [0, 0.05) is 19.7 Å². The fourth-order valence-corrected chi connectivity index (χ4v) is 6.56. The number of ether oxygens (including phenoxy) is 2. The molecule has 3 saturated heterocycles. The number of aliphatic hydroxyl groups is 1. The predicted octanol–water partition coefficient (Wildman–Crippen LogP) is 2.96. The van der Waals surface area contributed by atoms with Crippen LogP contribution in [0.15, 0.2) is 36.9 Å². The van der Waals surface area contributed by atoms with Gasteiger partial charge in [0.05, 0.1) is 28.8 Å². The summed E-state index contributed by atoms with van der Waals surface area (Å²) in [6.07, 6.45) is 3.47. The van der Waals surface area contributed by atoms with Crippen LogP contribution in [-0.2, 0) is 23.9 Å². The van der Waals surface area contributed by atoms with Crippen molar-refractivity contribution >= 4 is 35.1 Å². The molecule has 3 aliphatic rings. The molecule has 3 aliphatic heterocycles. The van der Waals surface area contributed by atoms with Crippen molar-refractivity contribution in [2.45, 2.75) is 56.8 Å². The first-order valence-corrected chi connectivity index (χ1v) is 12.6. The van der Waals surface area contributed by atoms with Gasteiger partial charge in [0.1, 0.15) is 17.6 Å². The molecule has 35 heavy (non-hydrogen) atoms. The van der Waals surface area contributed by atoms with E-state index in [2.05, 4.69) is 6.58 Å². The molecule has 2 bridgehead atoms. The van der Waals surface area contributed by atoms with Crippen molar-refractivity contribution in [3.05, 3.63) is 41.9 Å². The van der Waals surface area contributed by atoms with E-state index in [0.29, 0.717) is 36.4 Å². The highest BCUT2D eigenvalue weighted by Gasteiger charge is 2.79. The number of nitrogens with zero attached hydrogens (tertiary/aromatic N) is 2. The Bertz CT molecular complexity index is 1020. The molecule has 9 heteroatoms. The van der Waals surface area contributed by atoms with Crippen molar-refractivity contribution in [3.63, 3.8) is 0 Å². The van der Waals surface area contributed by atoms with Crippen molar-refractivity contribution in [2.75, 3.05) is 31.2 Å². The van der Waals surface area contributed by atoms with Crippen molar-refractivity contribution in [1.82, 2.24) is 4.90 Å². The SMILES string of the molecule is C=CCN(C(=O)C1N(CCCO)C(=O)[C@@H]2[C@H](C(=O)OCC)[C@]3(CC)CCC12O3)c1ccccc1Cl. The van der Waals surface area contributed by atoms with Crippen LogP contribution in [0.2, 0.25) is 5.02 Å². The van der Waals surface area contributed by atoms with Gasteiger partial charge in [-0.25, -0.2) is 0 Å². The highest BCUT2D eigenvalue weighted by atomic mass is 35.5. The van der Waals surface area contributed by atoms with E-state index >= 15 is 0 Å². The fraction of sp³-hybridized carbons (Fsp3) is 0.577. The van der Waals surface area contributed by atoms with Gasteiger partial charge in [-0.15, -0.1) is 6.58 Å². The van der Waals surface area contributed by atoms with Gasteiger partial charge in [-0.05, 0) is 44.7 Å². The topological polar surface area (TPSA) is 96.4 Å². The second-order valence-corrected chi connectivity index (χ2v) is 9.79. The number of hydrogen-bond donors (Lipinski definition) is 1. The number of para-hydroxylation sites is 1. The normalized spacial score (nSPS) is 30.9. The fourth-order valence-electron chi connectivity index (χ4n) is 6.32. The molecule has 0 aromatic heterocycles. The van der Waals surface area contributed by atoms with Gasteiger partial charge in [-0.1, -0.05) is 36.7 Å². The Hall–Kier alpha value is -2.42. The third kappa shape index (κ3) is 3.86. The van der Waals surface area contributed by atoms with Gasteiger partial charge < -0.3 is 24.4 Å². The van der Waals surface area contributed by atoms with E-state index in [-0.39, 0.29) is 38.1 Å². The molecule has 1 aromatic rings. The summed E-state index contributed by atoms with van der Waals surface area (Å²) in [6, 6.07) is 6.05. The van der Waals surface area contributed by atoms with E-state index in [1.54, 1.807) is 37.3 Å². The summed E-state index contributed by atoms with van der Waals surface area (Å²) < 4.78 is 12.1. The Morgan fingerprint density at radius 2 is 2.09 bits per heavy atom. The van der Waals surface area contributed by atoms with E-state index in [1.165, 1.54) is 9.80 Å². The molecule has 3 heterocycles. The molecule has 1 aromatic carbocycles. The smallest absolute Gasteiger partial charge is 0.312 e. The van der Waals surface area contributed by atoms with Gasteiger partial charge in [-0.3, -0.25) is 14.4 Å². The number of carbonyl (C=O) groups excluding carboxylic acids is 3. The maximum absolute atomic E-state index is 14.3. The van der Waals surface area contributed by atoms with Crippen LogP contribution in [0.1, 0.15) is 39.5 Å². The molecule has 8 nitrogen and oxygen atoms in total. The first kappa shape index (κ1) is 25.7. The van der Waals surface area contributed by atoms with E-state index in [0.717, 1.165) is 0 Å². The van der Waals surface area contributed by atoms with Crippen LogP contribution in [0.4, 0.5) is 5.69 Å². The molecular formula is C26H33ClN2O6. The Kier molecular flexibility index (Phi) is 7.27. The first-order chi connectivity index (χ1) is 16.8. The third-order valence-corrected chi connectivity index (χ3v) is 8.05. The van der Waals surface area contributed by atoms with E-state index in [9.17, 15) is 19.5 Å². The average molecular weight is 505 g/mol. The molecular weight excluding hydrogens is 472 g/mol. The number of fused-ring (bicyclic) bond motifs is 1. The second-order valence-electron chi connectivity index (χ2n) is 9.38. The van der Waals surface area contributed by atoms with Crippen LogP contribution in [0, 0.1) is 11.8 Å². The Morgan fingerprint density at radius 3 is 2.71 bits per heavy atom. The maximum Gasteiger partial charge on any atom is 0.312 e. The Labute approximate surface area is 210 Å². The lowest BCUT2D eigenvalue weighted by molar-refractivity contribution is -0.160. The van der Waals surface area contributed by atoms with Gasteiger partial charge in [0.25, 0.3) is 5.91 Å². The van der Waals surface area contributed by atoms with Crippen molar-refractivity contribution in [2.24, 2.45) is 11.8 Å². The minimum absolute atomic E-state index is 0.135. The summed E-state index contributed by atoms with van der Waals surface area (Å²) in [7, 11) is 0. The predicted molar refractivity (Wildman–Crippen MR) is 131 cm³/mol. The number of likely N-dealkylation sites (tertiary alicyclic amines) is 1. The molecule has 2 unspecified atom stereocenters. The number of carbonyl (C=O) groups is 3. The second kappa shape index (κ2) is 9.91. The molecule has 1 spiro atoms. The highest BCUT2D eigenvalue weighted by Crippen LogP contribution is 2.64. The van der Waals surface area contributed by atoms with E-state index < -0.39 is 35.0 Å². The number of aliphatic hydroxyl groups excluding tert-OH is 1. The zero-order chi connectivity index (χ0) is 25.4. The summed E-state index contributed by atoms with van der Waals surface area (Å²) in [5.41, 5.74) is -1.49. The molecule has 2 amide bonds. The molecule has 4 rings (SSSR count). The third-order valence-electron chi connectivity index (χ3n) is 7.73. The maximum atomic E-state index is 14.3. The van der Waals surface area contributed by atoms with Gasteiger partial charge >= 0.3 is 5.97 Å². The summed E-state index contributed by atoms with van der Waals surface area (Å²) in [5, 5.41) is 9.90. The van der Waals surface area contributed by atoms with E-state index in [1.807, 2.05) is 6.92 Å². The van der Waals surface area contributed by atoms with E-state index in [4.69, 9.17) is 21.1 Å². The van der Waals surface area contributed by atoms with Crippen LogP contribution in [0.3, 0.4) is 0 Å². The molecule has 3 fully saturated rings. The van der Waals surface area contributed by atoms with Crippen LogP contribution >= 0.6 is 11.6 Å². The van der Waals surface area contributed by atoms with Gasteiger partial charge in [-0.2, -0.15) is 0 Å². The molecule has 1 N–H and O–H groups in total. The standard InChI is InChI=1S/C26H33ClN2O6/c1-4-14-28(18-11-8-7-10-17(18)27)23(32)21-26-13-12-25(5-2,35-26)20(24(33)34-6-3)19(26)22(31)29(21)15-9-16-30/h4,7-8,10-11,19-21,30H,1,5-6,9,12-16H2,2-3H3/t19-,20+,21?,25-,26?/m0/s1. The number of esters is 1. The lowest BCUT2D eigenvalue weighted by Gasteiger charge is -2.37. The van der Waals surface area contributed by atoms with Gasteiger partial charge in [0.15, 0.2) is 0 Å². The number of halogens is 1. The lowest BCUT2D eigenvalue weighted by atomic mass is 9.65. The van der Waals surface area contributed by atoms with Crippen molar-refractivity contribution in [3.8, 4) is 0 Å². The van der Waals surface area contributed by atoms with Crippen molar-refractivity contribution in [1.29, 1.82) is 0 Å². The molecule has 0 saturated carbocycles. The highest BCUT2D eigenvalue weighted by molar-refractivity contribution is 6.34. The number of benzene rings is 1. The average Bonchev–Trinajstić information content (AvgIpc) is 3.45. The number of amides is 2. The first-order valence-electron chi connectivity index (χ1n) is 12.3. The quantitative estimate of drug-likeness (QED) is 0.389. The zero-order valence-electron chi connectivity index (χ0n) is 20.2. The number of rotatable bonds is 10. The Morgan fingerprint density at radius 1 is 1.34 bits per heavy atom.